The number of hydrogen-bond acceptors (Lipinski definition) is 3. The second-order valence-electron chi connectivity index (χ2n) is 6.66. The van der Waals surface area contributed by atoms with Crippen LogP contribution in [0.25, 0.3) is 5.69 Å². The molecule has 1 aliphatic heterocycles. The molecule has 0 spiro atoms. The minimum absolute atomic E-state index is 0.0409. The number of aryl methyl sites for hydroxylation is 1. The van der Waals surface area contributed by atoms with E-state index in [0.717, 1.165) is 29.9 Å². The second kappa shape index (κ2) is 7.70. The molecule has 2 amide bonds. The SMILES string of the molecule is COC1CN(C(=O)NCc2cn(-c3ccccc3)nc2C)CCC1C. The third kappa shape index (κ3) is 4.02. The van der Waals surface area contributed by atoms with Gasteiger partial charge in [0.15, 0.2) is 0 Å². The van der Waals surface area contributed by atoms with Crippen LogP contribution in [0.5, 0.6) is 0 Å². The summed E-state index contributed by atoms with van der Waals surface area (Å²) in [7, 11) is 1.71. The van der Waals surface area contributed by atoms with Crippen molar-refractivity contribution in [3.05, 3.63) is 47.8 Å². The van der Waals surface area contributed by atoms with Crippen molar-refractivity contribution in [2.24, 2.45) is 5.92 Å². The summed E-state index contributed by atoms with van der Waals surface area (Å²) < 4.78 is 7.33. The molecule has 1 aliphatic rings. The maximum atomic E-state index is 12.5. The van der Waals surface area contributed by atoms with E-state index in [1.54, 1.807) is 7.11 Å². The molecule has 3 rings (SSSR count). The van der Waals surface area contributed by atoms with Gasteiger partial charge in [0.05, 0.1) is 17.5 Å². The van der Waals surface area contributed by atoms with Crippen molar-refractivity contribution in [2.75, 3.05) is 20.2 Å². The predicted molar refractivity (Wildman–Crippen MR) is 96.7 cm³/mol. The number of carbonyl (C=O) groups is 1. The van der Waals surface area contributed by atoms with Gasteiger partial charge in [-0.15, -0.1) is 0 Å². The average Bonchev–Trinajstić information content (AvgIpc) is 3.01. The Kier molecular flexibility index (Phi) is 5.38. The lowest BCUT2D eigenvalue weighted by molar-refractivity contribution is 0.00714. The Morgan fingerprint density at radius 1 is 1.36 bits per heavy atom. The Balaban J connectivity index is 1.60. The predicted octanol–water partition coefficient (Wildman–Crippen LogP) is 2.75. The lowest BCUT2D eigenvalue weighted by Gasteiger charge is -2.36. The van der Waals surface area contributed by atoms with Gasteiger partial charge < -0.3 is 15.0 Å². The number of likely N-dealkylation sites (tertiary alicyclic amines) is 1. The number of rotatable bonds is 4. The molecule has 1 saturated heterocycles. The molecule has 1 aromatic heterocycles. The van der Waals surface area contributed by atoms with Crippen molar-refractivity contribution in [1.29, 1.82) is 0 Å². The van der Waals surface area contributed by atoms with E-state index < -0.39 is 0 Å². The van der Waals surface area contributed by atoms with Gasteiger partial charge in [0.2, 0.25) is 0 Å². The van der Waals surface area contributed by atoms with Crippen molar-refractivity contribution in [3.63, 3.8) is 0 Å². The van der Waals surface area contributed by atoms with Crippen LogP contribution in [0.3, 0.4) is 0 Å². The number of benzene rings is 1. The number of para-hydroxylation sites is 1. The van der Waals surface area contributed by atoms with E-state index in [2.05, 4.69) is 17.3 Å². The van der Waals surface area contributed by atoms with E-state index in [1.165, 1.54) is 0 Å². The molecular formula is C19H26N4O2. The van der Waals surface area contributed by atoms with Crippen LogP contribution in [0.4, 0.5) is 4.79 Å². The van der Waals surface area contributed by atoms with E-state index in [4.69, 9.17) is 4.74 Å². The molecule has 6 nitrogen and oxygen atoms in total. The number of methoxy groups -OCH3 is 1. The van der Waals surface area contributed by atoms with Gasteiger partial charge in [0.25, 0.3) is 0 Å². The first kappa shape index (κ1) is 17.5. The van der Waals surface area contributed by atoms with Crippen LogP contribution in [-0.4, -0.2) is 47.0 Å². The smallest absolute Gasteiger partial charge is 0.317 e. The van der Waals surface area contributed by atoms with Gasteiger partial charge in [-0.3, -0.25) is 0 Å². The summed E-state index contributed by atoms with van der Waals surface area (Å²) >= 11 is 0. The number of hydrogen-bond donors (Lipinski definition) is 1. The van der Waals surface area contributed by atoms with Crippen LogP contribution in [0.1, 0.15) is 24.6 Å². The zero-order chi connectivity index (χ0) is 17.8. The Labute approximate surface area is 148 Å². The van der Waals surface area contributed by atoms with E-state index in [1.807, 2.05) is 53.0 Å². The highest BCUT2D eigenvalue weighted by Gasteiger charge is 2.28. The largest absolute Gasteiger partial charge is 0.379 e. The molecule has 0 saturated carbocycles. The molecule has 0 bridgehead atoms. The highest BCUT2D eigenvalue weighted by atomic mass is 16.5. The van der Waals surface area contributed by atoms with E-state index in [-0.39, 0.29) is 12.1 Å². The molecule has 25 heavy (non-hydrogen) atoms. The number of amides is 2. The summed E-state index contributed by atoms with van der Waals surface area (Å²) in [6.07, 6.45) is 3.06. The molecule has 2 atom stereocenters. The summed E-state index contributed by atoms with van der Waals surface area (Å²) in [5, 5.41) is 7.55. The van der Waals surface area contributed by atoms with Crippen LogP contribution in [-0.2, 0) is 11.3 Å². The fraction of sp³-hybridized carbons (Fsp3) is 0.474. The molecule has 2 heterocycles. The highest BCUT2D eigenvalue weighted by Crippen LogP contribution is 2.19. The standard InChI is InChI=1S/C19H26N4O2/c1-14-9-10-22(13-18(14)25-3)19(24)20-11-16-12-23(21-15(16)2)17-7-5-4-6-8-17/h4-8,12,14,18H,9-11,13H2,1-3H3,(H,20,24). The summed E-state index contributed by atoms with van der Waals surface area (Å²) in [5.74, 6) is 0.486. The number of piperidine rings is 1. The summed E-state index contributed by atoms with van der Waals surface area (Å²) in [6, 6.07) is 9.92. The van der Waals surface area contributed by atoms with Crippen molar-refractivity contribution in [3.8, 4) is 5.69 Å². The van der Waals surface area contributed by atoms with Crippen LogP contribution >= 0.6 is 0 Å². The molecule has 0 radical (unpaired) electrons. The Hall–Kier alpha value is -2.34. The van der Waals surface area contributed by atoms with Crippen LogP contribution < -0.4 is 5.32 Å². The Bertz CT molecular complexity index is 713. The molecule has 134 valence electrons. The third-order valence-electron chi connectivity index (χ3n) is 4.93. The number of ether oxygens (including phenoxy) is 1. The Morgan fingerprint density at radius 3 is 2.84 bits per heavy atom. The molecule has 1 aromatic carbocycles. The maximum absolute atomic E-state index is 12.5. The lowest BCUT2D eigenvalue weighted by Crippen LogP contribution is -2.50. The van der Waals surface area contributed by atoms with Gasteiger partial charge in [-0.05, 0) is 31.4 Å². The van der Waals surface area contributed by atoms with Crippen molar-refractivity contribution in [2.45, 2.75) is 32.9 Å². The summed E-state index contributed by atoms with van der Waals surface area (Å²) in [4.78, 5) is 14.3. The Morgan fingerprint density at radius 2 is 2.12 bits per heavy atom. The molecular weight excluding hydrogens is 316 g/mol. The molecule has 1 N–H and O–H groups in total. The molecule has 1 fully saturated rings. The first-order valence-electron chi connectivity index (χ1n) is 8.74. The van der Waals surface area contributed by atoms with Gasteiger partial charge in [0, 0.05) is 38.5 Å². The third-order valence-corrected chi connectivity index (χ3v) is 4.93. The highest BCUT2D eigenvalue weighted by molar-refractivity contribution is 5.74. The van der Waals surface area contributed by atoms with Gasteiger partial charge in [-0.25, -0.2) is 9.48 Å². The van der Waals surface area contributed by atoms with Crippen LogP contribution in [0.2, 0.25) is 0 Å². The van der Waals surface area contributed by atoms with E-state index >= 15 is 0 Å². The van der Waals surface area contributed by atoms with Gasteiger partial charge in [-0.2, -0.15) is 5.10 Å². The first-order valence-corrected chi connectivity index (χ1v) is 8.74. The molecule has 6 heteroatoms. The van der Waals surface area contributed by atoms with Crippen molar-refractivity contribution >= 4 is 6.03 Å². The molecule has 2 aromatic rings. The molecule has 0 aliphatic carbocycles. The number of nitrogens with one attached hydrogen (secondary N) is 1. The van der Waals surface area contributed by atoms with Crippen molar-refractivity contribution in [1.82, 2.24) is 20.0 Å². The fourth-order valence-electron chi connectivity index (χ4n) is 3.19. The van der Waals surface area contributed by atoms with Crippen LogP contribution in [0, 0.1) is 12.8 Å². The topological polar surface area (TPSA) is 59.4 Å². The lowest BCUT2D eigenvalue weighted by atomic mass is 9.96. The minimum atomic E-state index is -0.0409. The minimum Gasteiger partial charge on any atom is -0.379 e. The number of urea groups is 1. The quantitative estimate of drug-likeness (QED) is 0.929. The summed E-state index contributed by atoms with van der Waals surface area (Å²) in [5.41, 5.74) is 2.95. The average molecular weight is 342 g/mol. The monoisotopic (exact) mass is 342 g/mol. The fourth-order valence-corrected chi connectivity index (χ4v) is 3.19. The first-order chi connectivity index (χ1) is 12.1. The number of nitrogens with zero attached hydrogens (tertiary/aromatic N) is 3. The zero-order valence-electron chi connectivity index (χ0n) is 15.1. The second-order valence-corrected chi connectivity index (χ2v) is 6.66. The zero-order valence-corrected chi connectivity index (χ0v) is 15.1. The summed E-state index contributed by atoms with van der Waals surface area (Å²) in [6.45, 7) is 6.03. The number of aromatic nitrogens is 2. The van der Waals surface area contributed by atoms with Gasteiger partial charge in [-0.1, -0.05) is 25.1 Å². The number of carbonyl (C=O) groups excluding carboxylic acids is 1. The van der Waals surface area contributed by atoms with Crippen LogP contribution in [0.15, 0.2) is 36.5 Å². The normalized spacial score (nSPS) is 20.5. The molecule has 2 unspecified atom stereocenters. The van der Waals surface area contributed by atoms with Crippen molar-refractivity contribution < 1.29 is 9.53 Å². The van der Waals surface area contributed by atoms with Gasteiger partial charge in [0.1, 0.15) is 0 Å². The van der Waals surface area contributed by atoms with Gasteiger partial charge >= 0.3 is 6.03 Å². The van der Waals surface area contributed by atoms with E-state index in [9.17, 15) is 4.79 Å². The maximum Gasteiger partial charge on any atom is 0.317 e. The van der Waals surface area contributed by atoms with E-state index in [0.29, 0.717) is 19.0 Å².